The van der Waals surface area contributed by atoms with Gasteiger partial charge in [-0.05, 0) is 44.0 Å². The van der Waals surface area contributed by atoms with Gasteiger partial charge in [-0.15, -0.1) is 0 Å². The van der Waals surface area contributed by atoms with Gasteiger partial charge in [-0.25, -0.2) is 4.39 Å². The van der Waals surface area contributed by atoms with Crippen molar-refractivity contribution in [2.75, 3.05) is 0 Å². The number of benzene rings is 1. The van der Waals surface area contributed by atoms with Crippen LogP contribution in [0.5, 0.6) is 0 Å². The van der Waals surface area contributed by atoms with E-state index >= 15 is 0 Å². The van der Waals surface area contributed by atoms with Gasteiger partial charge in [0.25, 0.3) is 0 Å². The lowest BCUT2D eigenvalue weighted by molar-refractivity contribution is 0.393. The molecule has 0 saturated heterocycles. The second kappa shape index (κ2) is 5.62. The second-order valence-corrected chi connectivity index (χ2v) is 3.66. The zero-order valence-corrected chi connectivity index (χ0v) is 11.0. The molecule has 0 unspecified atom stereocenters. The van der Waals surface area contributed by atoms with Gasteiger partial charge in [0, 0.05) is 5.56 Å². The van der Waals surface area contributed by atoms with Crippen molar-refractivity contribution in [3.8, 4) is 11.1 Å². The van der Waals surface area contributed by atoms with Crippen LogP contribution in [0.3, 0.4) is 0 Å². The number of aryl methyl sites for hydroxylation is 3. The molecule has 0 saturated carbocycles. The molecular weight excluding hydrogens is 217 g/mol. The molecule has 0 spiro atoms. The van der Waals surface area contributed by atoms with E-state index in [1.165, 1.54) is 12.1 Å². The van der Waals surface area contributed by atoms with Crippen LogP contribution < -0.4 is 0 Å². The Morgan fingerprint density at radius 1 is 1.12 bits per heavy atom. The highest BCUT2D eigenvalue weighted by Crippen LogP contribution is 2.29. The number of rotatable bonds is 1. The minimum atomic E-state index is -0.240. The summed E-state index contributed by atoms with van der Waals surface area (Å²) in [6, 6.07) is 4.73. The largest absolute Gasteiger partial charge is 0.361 e. The van der Waals surface area contributed by atoms with E-state index in [9.17, 15) is 4.39 Å². The molecule has 1 aromatic carbocycles. The van der Waals surface area contributed by atoms with Gasteiger partial charge in [-0.3, -0.25) is 0 Å². The monoisotopic (exact) mass is 235 g/mol. The van der Waals surface area contributed by atoms with Gasteiger partial charge in [0.1, 0.15) is 11.6 Å². The fraction of sp³-hybridized carbons (Fsp3) is 0.357. The van der Waals surface area contributed by atoms with Crippen LogP contribution in [0.4, 0.5) is 4.39 Å². The Morgan fingerprint density at radius 2 is 1.76 bits per heavy atom. The summed E-state index contributed by atoms with van der Waals surface area (Å²) in [5.74, 6) is 0.483. The van der Waals surface area contributed by atoms with Crippen LogP contribution in [-0.4, -0.2) is 5.16 Å². The summed E-state index contributed by atoms with van der Waals surface area (Å²) in [6.07, 6.45) is 0. The molecule has 2 aromatic rings. The summed E-state index contributed by atoms with van der Waals surface area (Å²) in [5.41, 5.74) is 3.56. The Morgan fingerprint density at radius 3 is 2.29 bits per heavy atom. The molecule has 1 aromatic heterocycles. The molecule has 0 aliphatic carbocycles. The van der Waals surface area contributed by atoms with E-state index in [-0.39, 0.29) is 5.82 Å². The summed E-state index contributed by atoms with van der Waals surface area (Å²) in [7, 11) is 0. The molecule has 1 heterocycles. The predicted molar refractivity (Wildman–Crippen MR) is 67.5 cm³/mol. The highest BCUT2D eigenvalue weighted by atomic mass is 19.1. The van der Waals surface area contributed by atoms with Gasteiger partial charge in [-0.1, -0.05) is 25.1 Å². The van der Waals surface area contributed by atoms with Crippen molar-refractivity contribution in [3.63, 3.8) is 0 Å². The first-order chi connectivity index (χ1) is 8.09. The third-order valence-corrected chi connectivity index (χ3v) is 2.50. The molecule has 2 nitrogen and oxygen atoms in total. The molecule has 0 bridgehead atoms. The van der Waals surface area contributed by atoms with Gasteiger partial charge in [0.2, 0.25) is 0 Å². The second-order valence-electron chi connectivity index (χ2n) is 3.66. The van der Waals surface area contributed by atoms with Crippen LogP contribution in [0.2, 0.25) is 0 Å². The van der Waals surface area contributed by atoms with Crippen molar-refractivity contribution in [3.05, 3.63) is 41.0 Å². The van der Waals surface area contributed by atoms with Crippen LogP contribution in [0, 0.1) is 26.6 Å². The first kappa shape index (κ1) is 13.4. The summed E-state index contributed by atoms with van der Waals surface area (Å²) in [5, 5.41) is 3.87. The Kier molecular flexibility index (Phi) is 4.44. The van der Waals surface area contributed by atoms with Crippen molar-refractivity contribution in [1.29, 1.82) is 0 Å². The standard InChI is InChI=1S/C12H12FNO.C2H6/c1-7-4-5-10(13)6-11(7)12-8(2)14-15-9(12)3;1-2/h4-6H,1-3H3;1-2H3. The zero-order chi connectivity index (χ0) is 13.0. The number of aromatic nitrogens is 1. The maximum Gasteiger partial charge on any atom is 0.141 e. The smallest absolute Gasteiger partial charge is 0.141 e. The first-order valence-electron chi connectivity index (χ1n) is 5.79. The molecule has 0 aliphatic rings. The van der Waals surface area contributed by atoms with E-state index in [1.807, 2.05) is 34.6 Å². The summed E-state index contributed by atoms with van der Waals surface area (Å²) in [4.78, 5) is 0. The predicted octanol–water partition coefficient (Wildman–Crippen LogP) is 4.43. The third kappa shape index (κ3) is 2.73. The molecule has 0 aliphatic heterocycles. The first-order valence-corrected chi connectivity index (χ1v) is 5.79. The van der Waals surface area contributed by atoms with E-state index in [0.29, 0.717) is 0 Å². The van der Waals surface area contributed by atoms with Crippen molar-refractivity contribution in [1.82, 2.24) is 5.16 Å². The van der Waals surface area contributed by atoms with Gasteiger partial charge < -0.3 is 4.52 Å². The molecule has 0 amide bonds. The van der Waals surface area contributed by atoms with Crippen LogP contribution >= 0.6 is 0 Å². The Hall–Kier alpha value is -1.64. The maximum atomic E-state index is 13.2. The number of nitrogens with zero attached hydrogens (tertiary/aromatic N) is 1. The van der Waals surface area contributed by atoms with Gasteiger partial charge in [-0.2, -0.15) is 0 Å². The normalized spacial score (nSPS) is 9.76. The van der Waals surface area contributed by atoms with Gasteiger partial charge in [0.05, 0.1) is 5.69 Å². The fourth-order valence-electron chi connectivity index (χ4n) is 1.73. The minimum absolute atomic E-state index is 0.240. The zero-order valence-electron chi connectivity index (χ0n) is 11.0. The van der Waals surface area contributed by atoms with Crippen molar-refractivity contribution >= 4 is 0 Å². The molecule has 0 fully saturated rings. The SMILES string of the molecule is CC.Cc1ccc(F)cc1-c1c(C)noc1C. The molecule has 92 valence electrons. The average molecular weight is 235 g/mol. The van der Waals surface area contributed by atoms with E-state index in [2.05, 4.69) is 5.16 Å². The van der Waals surface area contributed by atoms with Crippen LogP contribution in [0.15, 0.2) is 22.7 Å². The lowest BCUT2D eigenvalue weighted by Gasteiger charge is -2.04. The number of hydrogen-bond donors (Lipinski definition) is 0. The molecule has 2 rings (SSSR count). The molecule has 0 radical (unpaired) electrons. The Bertz CT molecular complexity index is 483. The highest BCUT2D eigenvalue weighted by molar-refractivity contribution is 5.70. The topological polar surface area (TPSA) is 26.0 Å². The molecule has 0 atom stereocenters. The van der Waals surface area contributed by atoms with E-state index in [1.54, 1.807) is 6.07 Å². The number of halogens is 1. The van der Waals surface area contributed by atoms with E-state index in [0.717, 1.165) is 28.1 Å². The Labute approximate surface area is 101 Å². The van der Waals surface area contributed by atoms with E-state index < -0.39 is 0 Å². The van der Waals surface area contributed by atoms with Crippen molar-refractivity contribution in [2.24, 2.45) is 0 Å². The van der Waals surface area contributed by atoms with Crippen LogP contribution in [0.25, 0.3) is 11.1 Å². The number of hydrogen-bond acceptors (Lipinski definition) is 2. The molecular formula is C14H18FNO. The quantitative estimate of drug-likeness (QED) is 0.730. The average Bonchev–Trinajstić information content (AvgIpc) is 2.65. The fourth-order valence-corrected chi connectivity index (χ4v) is 1.73. The summed E-state index contributed by atoms with van der Waals surface area (Å²) >= 11 is 0. The molecule has 17 heavy (non-hydrogen) atoms. The minimum Gasteiger partial charge on any atom is -0.361 e. The highest BCUT2D eigenvalue weighted by Gasteiger charge is 2.13. The lowest BCUT2D eigenvalue weighted by atomic mass is 9.99. The third-order valence-electron chi connectivity index (χ3n) is 2.50. The van der Waals surface area contributed by atoms with Gasteiger partial charge in [0.15, 0.2) is 0 Å². The molecule has 3 heteroatoms. The Balaban J connectivity index is 0.000000686. The summed E-state index contributed by atoms with van der Waals surface area (Å²) < 4.78 is 18.2. The van der Waals surface area contributed by atoms with Crippen molar-refractivity contribution < 1.29 is 8.91 Å². The van der Waals surface area contributed by atoms with Crippen molar-refractivity contribution in [2.45, 2.75) is 34.6 Å². The van der Waals surface area contributed by atoms with E-state index in [4.69, 9.17) is 4.52 Å². The van der Waals surface area contributed by atoms with Crippen LogP contribution in [0.1, 0.15) is 30.9 Å². The maximum absolute atomic E-state index is 13.2. The van der Waals surface area contributed by atoms with Crippen LogP contribution in [-0.2, 0) is 0 Å². The lowest BCUT2D eigenvalue weighted by Crippen LogP contribution is -1.87. The molecule has 0 N–H and O–H groups in total. The summed E-state index contributed by atoms with van der Waals surface area (Å²) in [6.45, 7) is 9.64. The van der Waals surface area contributed by atoms with Gasteiger partial charge >= 0.3 is 0 Å².